The van der Waals surface area contributed by atoms with Gasteiger partial charge < -0.3 is 9.47 Å². The lowest BCUT2D eigenvalue weighted by Gasteiger charge is -2.14. The van der Waals surface area contributed by atoms with Crippen molar-refractivity contribution in [2.75, 3.05) is 14.2 Å². The number of ether oxygens (including phenoxy) is 2. The van der Waals surface area contributed by atoms with Gasteiger partial charge in [-0.2, -0.15) is 13.2 Å². The number of rotatable bonds is 6. The van der Waals surface area contributed by atoms with Gasteiger partial charge >= 0.3 is 6.18 Å². The van der Waals surface area contributed by atoms with Gasteiger partial charge in [0.15, 0.2) is 0 Å². The molecule has 0 N–H and O–H groups in total. The lowest BCUT2D eigenvalue weighted by atomic mass is 10.2. The molecule has 0 bridgehead atoms. The Kier molecular flexibility index (Phi) is 6.74. The highest BCUT2D eigenvalue weighted by Gasteiger charge is 2.33. The number of alkyl halides is 3. The molecule has 0 aromatic heterocycles. The van der Waals surface area contributed by atoms with Crippen molar-refractivity contribution in [3.05, 3.63) is 71.8 Å². The first-order valence-electron chi connectivity index (χ1n) is 9.07. The third-order valence-corrected chi connectivity index (χ3v) is 5.85. The fraction of sp³-hybridized carbons (Fsp3) is 0.182. The van der Waals surface area contributed by atoms with E-state index < -0.39 is 22.5 Å². The van der Waals surface area contributed by atoms with E-state index >= 15 is 0 Å². The van der Waals surface area contributed by atoms with Crippen LogP contribution in [0.2, 0.25) is 0 Å². The minimum atomic E-state index is -4.60. The molecule has 0 aliphatic carbocycles. The first kappa shape index (κ1) is 22.5. The van der Waals surface area contributed by atoms with Gasteiger partial charge in [-0.1, -0.05) is 29.8 Å². The van der Waals surface area contributed by atoms with Crippen molar-refractivity contribution in [3.63, 3.8) is 0 Å². The zero-order chi connectivity index (χ0) is 22.6. The summed E-state index contributed by atoms with van der Waals surface area (Å²) in [5.41, 5.74) is -0.284. The SMILES string of the molecule is COc1ccc(OC)c(S(=O)c2ccc(C)cc2)c1N=Nc1ccccc1C(F)(F)F. The largest absolute Gasteiger partial charge is 0.495 e. The number of hydrogen-bond acceptors (Lipinski definition) is 5. The van der Waals surface area contributed by atoms with E-state index in [1.807, 2.05) is 6.92 Å². The average molecular weight is 448 g/mol. The fourth-order valence-electron chi connectivity index (χ4n) is 2.82. The molecule has 0 aliphatic heterocycles. The Morgan fingerprint density at radius 3 is 2.06 bits per heavy atom. The lowest BCUT2D eigenvalue weighted by molar-refractivity contribution is -0.137. The summed E-state index contributed by atoms with van der Waals surface area (Å²) >= 11 is 0. The van der Waals surface area contributed by atoms with Crippen molar-refractivity contribution in [1.82, 2.24) is 0 Å². The smallest absolute Gasteiger partial charge is 0.418 e. The first-order valence-corrected chi connectivity index (χ1v) is 10.2. The van der Waals surface area contributed by atoms with Crippen LogP contribution in [-0.4, -0.2) is 18.4 Å². The van der Waals surface area contributed by atoms with E-state index in [2.05, 4.69) is 10.2 Å². The van der Waals surface area contributed by atoms with Gasteiger partial charge in [-0.3, -0.25) is 0 Å². The molecule has 0 radical (unpaired) electrons. The Morgan fingerprint density at radius 1 is 0.839 bits per heavy atom. The van der Waals surface area contributed by atoms with Crippen LogP contribution in [0.3, 0.4) is 0 Å². The maximum Gasteiger partial charge on any atom is 0.418 e. The highest BCUT2D eigenvalue weighted by molar-refractivity contribution is 7.85. The first-order chi connectivity index (χ1) is 14.8. The van der Waals surface area contributed by atoms with Gasteiger partial charge in [0.1, 0.15) is 22.1 Å². The molecule has 0 fully saturated rings. The van der Waals surface area contributed by atoms with Crippen molar-refractivity contribution in [2.45, 2.75) is 22.9 Å². The van der Waals surface area contributed by atoms with Crippen LogP contribution in [0.4, 0.5) is 24.5 Å². The summed E-state index contributed by atoms with van der Waals surface area (Å²) in [5.74, 6) is 0.447. The van der Waals surface area contributed by atoms with Crippen LogP contribution in [0.15, 0.2) is 80.7 Å². The topological polar surface area (TPSA) is 60.2 Å². The van der Waals surface area contributed by atoms with E-state index in [1.165, 1.54) is 38.5 Å². The molecule has 0 saturated carbocycles. The maximum atomic E-state index is 13.4. The quantitative estimate of drug-likeness (QED) is 0.399. The van der Waals surface area contributed by atoms with E-state index in [9.17, 15) is 17.4 Å². The predicted molar refractivity (Wildman–Crippen MR) is 111 cm³/mol. The summed E-state index contributed by atoms with van der Waals surface area (Å²) in [4.78, 5) is 0.628. The second kappa shape index (κ2) is 9.30. The number of halogens is 3. The Hall–Kier alpha value is -3.20. The van der Waals surface area contributed by atoms with Gasteiger partial charge in [0, 0.05) is 4.90 Å². The van der Waals surface area contributed by atoms with Crippen LogP contribution in [0.5, 0.6) is 11.5 Å². The van der Waals surface area contributed by atoms with Gasteiger partial charge in [0.2, 0.25) is 0 Å². The Bertz CT molecular complexity index is 1130. The number of methoxy groups -OCH3 is 2. The Morgan fingerprint density at radius 2 is 1.45 bits per heavy atom. The minimum absolute atomic E-state index is 0.0257. The van der Waals surface area contributed by atoms with Crippen LogP contribution in [0.25, 0.3) is 0 Å². The molecule has 0 amide bonds. The predicted octanol–water partition coefficient (Wildman–Crippen LogP) is 6.61. The number of benzene rings is 3. The van der Waals surface area contributed by atoms with E-state index in [0.717, 1.165) is 11.6 Å². The van der Waals surface area contributed by atoms with Gasteiger partial charge in [0.25, 0.3) is 0 Å². The summed E-state index contributed by atoms with van der Waals surface area (Å²) in [6, 6.07) is 14.9. The molecule has 0 saturated heterocycles. The second-order valence-electron chi connectivity index (χ2n) is 6.44. The third kappa shape index (κ3) is 4.93. The van der Waals surface area contributed by atoms with Crippen LogP contribution < -0.4 is 9.47 Å². The van der Waals surface area contributed by atoms with Crippen LogP contribution in [0, 0.1) is 6.92 Å². The minimum Gasteiger partial charge on any atom is -0.495 e. The molecule has 0 heterocycles. The van der Waals surface area contributed by atoms with Crippen molar-refractivity contribution in [2.24, 2.45) is 10.2 Å². The third-order valence-electron chi connectivity index (χ3n) is 4.39. The molecular formula is C22H19F3N2O3S. The molecule has 3 aromatic carbocycles. The number of nitrogens with zero attached hydrogens (tertiary/aromatic N) is 2. The zero-order valence-corrected chi connectivity index (χ0v) is 17.8. The van der Waals surface area contributed by atoms with Gasteiger partial charge in [-0.25, -0.2) is 4.21 Å². The molecule has 5 nitrogen and oxygen atoms in total. The zero-order valence-electron chi connectivity index (χ0n) is 16.9. The molecule has 1 unspecified atom stereocenters. The van der Waals surface area contributed by atoms with Crippen LogP contribution >= 0.6 is 0 Å². The molecule has 162 valence electrons. The molecule has 1 atom stereocenters. The standard InChI is InChI=1S/C22H19F3N2O3S/c1-14-8-10-15(11-9-14)31(28)21-19(30-3)13-12-18(29-2)20(21)27-26-17-7-5-4-6-16(17)22(23,24)25/h4-13H,1-3H3. The number of azo groups is 1. The van der Waals surface area contributed by atoms with E-state index in [4.69, 9.17) is 9.47 Å². The van der Waals surface area contributed by atoms with Crippen molar-refractivity contribution >= 4 is 22.2 Å². The van der Waals surface area contributed by atoms with Crippen LogP contribution in [0.1, 0.15) is 11.1 Å². The molecule has 9 heteroatoms. The van der Waals surface area contributed by atoms with E-state index in [0.29, 0.717) is 4.90 Å². The van der Waals surface area contributed by atoms with Gasteiger partial charge in [0.05, 0.1) is 36.3 Å². The maximum absolute atomic E-state index is 13.4. The summed E-state index contributed by atoms with van der Waals surface area (Å²) in [6.07, 6.45) is -4.60. The van der Waals surface area contributed by atoms with Crippen molar-refractivity contribution in [1.29, 1.82) is 0 Å². The summed E-state index contributed by atoms with van der Waals surface area (Å²) < 4.78 is 63.9. The van der Waals surface area contributed by atoms with Gasteiger partial charge in [-0.15, -0.1) is 10.2 Å². The molecular weight excluding hydrogens is 429 g/mol. The van der Waals surface area contributed by atoms with Crippen molar-refractivity contribution in [3.8, 4) is 11.5 Å². The highest BCUT2D eigenvalue weighted by Crippen LogP contribution is 2.43. The van der Waals surface area contributed by atoms with E-state index in [1.54, 1.807) is 30.3 Å². The summed E-state index contributed by atoms with van der Waals surface area (Å²) in [6.45, 7) is 1.90. The highest BCUT2D eigenvalue weighted by atomic mass is 32.2. The Labute approximate surface area is 180 Å². The van der Waals surface area contributed by atoms with Crippen LogP contribution in [-0.2, 0) is 17.0 Å². The lowest BCUT2D eigenvalue weighted by Crippen LogP contribution is -2.04. The summed E-state index contributed by atoms with van der Waals surface area (Å²) in [5, 5.41) is 7.83. The molecule has 0 spiro atoms. The monoisotopic (exact) mass is 448 g/mol. The molecule has 3 aromatic rings. The van der Waals surface area contributed by atoms with E-state index in [-0.39, 0.29) is 27.8 Å². The fourth-order valence-corrected chi connectivity index (χ4v) is 4.09. The summed E-state index contributed by atoms with van der Waals surface area (Å²) in [7, 11) is 1.03. The van der Waals surface area contributed by atoms with Gasteiger partial charge in [-0.05, 0) is 43.3 Å². The second-order valence-corrected chi connectivity index (χ2v) is 7.86. The Balaban J connectivity index is 2.17. The van der Waals surface area contributed by atoms with Crippen molar-refractivity contribution < 1.29 is 26.9 Å². The molecule has 0 aliphatic rings. The normalized spacial score (nSPS) is 12.7. The average Bonchev–Trinajstić information content (AvgIpc) is 2.76. The molecule has 31 heavy (non-hydrogen) atoms. The molecule has 3 rings (SSSR count). The number of hydrogen-bond donors (Lipinski definition) is 0. The number of aryl methyl sites for hydroxylation is 1.